The molecule has 0 aromatic heterocycles. The summed E-state index contributed by atoms with van der Waals surface area (Å²) in [5.74, 6) is -2.33. The van der Waals surface area contributed by atoms with Gasteiger partial charge in [0.05, 0.1) is 58.0 Å². The van der Waals surface area contributed by atoms with Gasteiger partial charge in [-0.1, -0.05) is 39.3 Å². The largest absolute Gasteiger partial charge is 0.394 e. The maximum Gasteiger partial charge on any atom is 0.187 e. The van der Waals surface area contributed by atoms with Crippen molar-refractivity contribution in [2.45, 2.75) is 288 Å². The van der Waals surface area contributed by atoms with Crippen LogP contribution in [0.15, 0.2) is 11.6 Å². The van der Waals surface area contributed by atoms with Gasteiger partial charge in [0, 0.05) is 30.1 Å². The highest BCUT2D eigenvalue weighted by atomic mass is 16.8. The Bertz CT molecular complexity index is 2650. The third-order valence-electron chi connectivity index (χ3n) is 23.6. The molecule has 4 aliphatic carbocycles. The summed E-state index contributed by atoms with van der Waals surface area (Å²) >= 11 is 0. The minimum Gasteiger partial charge on any atom is -0.394 e. The van der Waals surface area contributed by atoms with E-state index in [2.05, 4.69) is 13.0 Å². The fraction of sp³-hybridized carbons (Fsp3) is 0.952. The van der Waals surface area contributed by atoms with Crippen LogP contribution in [0.1, 0.15) is 86.0 Å². The van der Waals surface area contributed by atoms with E-state index in [9.17, 15) is 107 Å². The van der Waals surface area contributed by atoms with Crippen molar-refractivity contribution >= 4 is 5.78 Å². The van der Waals surface area contributed by atoms with E-state index in [-0.39, 0.29) is 48.4 Å². The molecule has 0 radical (unpaired) electrons. The smallest absolute Gasteiger partial charge is 0.187 e. The lowest BCUT2D eigenvalue weighted by molar-refractivity contribution is -0.410. The number of hydrogen-bond acceptors (Lipinski definition) is 34. The molecule has 7 heterocycles. The van der Waals surface area contributed by atoms with Gasteiger partial charge < -0.3 is 164 Å². The van der Waals surface area contributed by atoms with Crippen LogP contribution in [0.4, 0.5) is 0 Å². The van der Waals surface area contributed by atoms with Crippen molar-refractivity contribution < 1.29 is 169 Å². The van der Waals surface area contributed by atoms with Crippen molar-refractivity contribution in [2.24, 2.45) is 46.3 Å². The summed E-state index contributed by atoms with van der Waals surface area (Å²) in [6, 6.07) is 0. The number of ketones is 1. The predicted octanol–water partition coefficient (Wildman–Crippen LogP) is -8.18. The lowest BCUT2D eigenvalue weighted by Crippen LogP contribution is -2.69. The Hall–Kier alpha value is -1.91. The number of ether oxygens (including phenoxy) is 13. The molecule has 11 rings (SSSR count). The van der Waals surface area contributed by atoms with E-state index < -0.39 is 252 Å². The van der Waals surface area contributed by atoms with E-state index in [4.69, 9.17) is 61.6 Å². The average molecular weight is 1400 g/mol. The average Bonchev–Trinajstić information content (AvgIpc) is 1.57. The molecule has 10 fully saturated rings. The zero-order chi connectivity index (χ0) is 70.4. The molecule has 41 atom stereocenters. The first kappa shape index (κ1) is 76.2. The molecule has 41 unspecified atom stereocenters. The third kappa shape index (κ3) is 14.0. The molecule has 558 valence electrons. The number of aliphatic hydroxyl groups is 20. The number of rotatable bonds is 21. The van der Waals surface area contributed by atoms with Crippen molar-refractivity contribution in [1.82, 2.24) is 0 Å². The molecule has 20 N–H and O–H groups in total. The SMILES string of the molecule is CC(CCC1(O)OC2CC3C4CC=C5CC(OC6OC(CO)C(OC7OC(CO)C(O)C(OC8OC(CO)C(OC9OC(C)C(O)C(O)C9O)C(O)C8O)C7OC7OC(CO)C(O)C(O)C7O)C(O)C6O)CCC5(C)C4CC(=O)C3(C)C2C1C)COC1OC(CO)C(O)C(O)C1O. The van der Waals surface area contributed by atoms with Gasteiger partial charge in [-0.05, 0) is 74.5 Å². The first-order chi connectivity index (χ1) is 45.9. The minimum atomic E-state index is -2.20. The van der Waals surface area contributed by atoms with Crippen LogP contribution in [0, 0.1) is 46.3 Å². The molecule has 34 nitrogen and oxygen atoms in total. The number of allylic oxidation sites excluding steroid dienone is 1. The highest BCUT2D eigenvalue weighted by Gasteiger charge is 2.71. The number of aliphatic hydroxyl groups excluding tert-OH is 19. The molecular formula is C63H102O34. The molecule has 0 bridgehead atoms. The summed E-state index contributed by atoms with van der Waals surface area (Å²) in [4.78, 5) is 14.9. The Labute approximate surface area is 558 Å². The molecule has 0 amide bonds. The molecule has 0 aromatic carbocycles. The maximum atomic E-state index is 14.9. The minimum absolute atomic E-state index is 0.0507. The Kier molecular flexibility index (Phi) is 23.8. The Morgan fingerprint density at radius 2 is 0.979 bits per heavy atom. The Morgan fingerprint density at radius 3 is 1.56 bits per heavy atom. The second-order valence-electron chi connectivity index (χ2n) is 29.3. The lowest BCUT2D eigenvalue weighted by atomic mass is 9.46. The van der Waals surface area contributed by atoms with E-state index in [1.165, 1.54) is 6.92 Å². The summed E-state index contributed by atoms with van der Waals surface area (Å²) in [5.41, 5.74) is -0.205. The summed E-state index contributed by atoms with van der Waals surface area (Å²) in [6.07, 6.45) is -49.0. The van der Waals surface area contributed by atoms with Crippen molar-refractivity contribution in [2.75, 3.05) is 39.6 Å². The van der Waals surface area contributed by atoms with Crippen molar-refractivity contribution in [3.8, 4) is 0 Å². The van der Waals surface area contributed by atoms with Gasteiger partial charge in [-0.2, -0.15) is 0 Å². The lowest BCUT2D eigenvalue weighted by Gasteiger charge is -2.57. The first-order valence-electron chi connectivity index (χ1n) is 33.9. The van der Waals surface area contributed by atoms with Gasteiger partial charge in [-0.25, -0.2) is 0 Å². The van der Waals surface area contributed by atoms with E-state index in [0.29, 0.717) is 44.9 Å². The first-order valence-corrected chi connectivity index (χ1v) is 33.9. The second-order valence-corrected chi connectivity index (χ2v) is 29.3. The van der Waals surface area contributed by atoms with Crippen LogP contribution in [-0.2, 0) is 66.4 Å². The molecule has 7 aliphatic heterocycles. The molecule has 0 spiro atoms. The van der Waals surface area contributed by atoms with E-state index in [1.807, 2.05) is 20.8 Å². The molecule has 97 heavy (non-hydrogen) atoms. The van der Waals surface area contributed by atoms with Gasteiger partial charge in [0.25, 0.3) is 0 Å². The topological polar surface area (TPSA) is 542 Å². The zero-order valence-electron chi connectivity index (χ0n) is 54.6. The van der Waals surface area contributed by atoms with E-state index >= 15 is 0 Å². The molecule has 0 aromatic rings. The standard InChI is InChI=1S/C63H102O34/c1-21(20-85-55-46(79)42(75)38(71)30(15-64)88-55)8-11-63(84)22(2)36-29(97-63)13-28-26-7-6-24-12-25(9-10-61(24,4)27(26)14-35(69)62(28,36)5)87-57-49(82)44(77)52(34(19-68)91-57)94-60-54(96-58-48(81)43(76)39(72)31(16-65)89-58)53(40(73)32(17-66)90-60)95-59-50(83)45(78)51(33(18-67)92-59)93-56-47(80)41(74)37(70)23(3)86-56/h6,21-23,25-34,36-60,64-68,70-84H,7-20H2,1-5H3. The van der Waals surface area contributed by atoms with Crippen molar-refractivity contribution in [1.29, 1.82) is 0 Å². The quantitative estimate of drug-likeness (QED) is 0.0475. The van der Waals surface area contributed by atoms with Crippen LogP contribution in [0.3, 0.4) is 0 Å². The molecule has 34 heteroatoms. The van der Waals surface area contributed by atoms with Gasteiger partial charge in [0.1, 0.15) is 146 Å². The van der Waals surface area contributed by atoms with Gasteiger partial charge in [0.2, 0.25) is 0 Å². The predicted molar refractivity (Wildman–Crippen MR) is 316 cm³/mol. The van der Waals surface area contributed by atoms with Crippen LogP contribution in [0.2, 0.25) is 0 Å². The van der Waals surface area contributed by atoms with Gasteiger partial charge >= 0.3 is 0 Å². The van der Waals surface area contributed by atoms with Gasteiger partial charge in [0.15, 0.2) is 43.5 Å². The Balaban J connectivity index is 0.745. The van der Waals surface area contributed by atoms with Gasteiger partial charge in [-0.15, -0.1) is 0 Å². The number of Topliss-reactive ketones (excluding diaryl/α,β-unsaturated/α-hetero) is 1. The fourth-order valence-corrected chi connectivity index (χ4v) is 17.6. The summed E-state index contributed by atoms with van der Waals surface area (Å²) in [6.45, 7) is 4.94. The maximum absolute atomic E-state index is 14.9. The van der Waals surface area contributed by atoms with Crippen LogP contribution >= 0.6 is 0 Å². The number of fused-ring (bicyclic) bond motifs is 7. The van der Waals surface area contributed by atoms with Crippen LogP contribution < -0.4 is 0 Å². The number of carbonyl (C=O) groups is 1. The third-order valence-corrected chi connectivity index (χ3v) is 23.6. The summed E-state index contributed by atoms with van der Waals surface area (Å²) in [5, 5.41) is 217. The Morgan fingerprint density at radius 1 is 0.515 bits per heavy atom. The van der Waals surface area contributed by atoms with Crippen LogP contribution in [-0.4, -0.2) is 350 Å². The zero-order valence-corrected chi connectivity index (χ0v) is 54.6. The van der Waals surface area contributed by atoms with Gasteiger partial charge in [-0.3, -0.25) is 4.79 Å². The number of carbonyl (C=O) groups excluding carboxylic acids is 1. The molecular weight excluding hydrogens is 1300 g/mol. The summed E-state index contributed by atoms with van der Waals surface area (Å²) < 4.78 is 77.6. The van der Waals surface area contributed by atoms with E-state index in [1.54, 1.807) is 0 Å². The second kappa shape index (κ2) is 30.3. The van der Waals surface area contributed by atoms with Crippen molar-refractivity contribution in [3.63, 3.8) is 0 Å². The fourth-order valence-electron chi connectivity index (χ4n) is 17.6. The molecule has 11 aliphatic rings. The monoisotopic (exact) mass is 1400 g/mol. The molecule has 3 saturated carbocycles. The number of hydrogen-bond donors (Lipinski definition) is 20. The summed E-state index contributed by atoms with van der Waals surface area (Å²) in [7, 11) is 0. The van der Waals surface area contributed by atoms with Crippen LogP contribution in [0.5, 0.6) is 0 Å². The highest BCUT2D eigenvalue weighted by molar-refractivity contribution is 5.87. The van der Waals surface area contributed by atoms with Crippen LogP contribution in [0.25, 0.3) is 0 Å². The van der Waals surface area contributed by atoms with Crippen molar-refractivity contribution in [3.05, 3.63) is 11.6 Å². The molecule has 7 saturated heterocycles. The normalized spacial score (nSPS) is 54.3. The van der Waals surface area contributed by atoms with E-state index in [0.717, 1.165) is 5.57 Å². The highest BCUT2D eigenvalue weighted by Crippen LogP contribution is 2.69.